The number of hydrogen-bond acceptors (Lipinski definition) is 8. The predicted molar refractivity (Wildman–Crippen MR) is 213 cm³/mol. The third kappa shape index (κ3) is 10.3. The Morgan fingerprint density at radius 3 is 2.57 bits per heavy atom. The van der Waals surface area contributed by atoms with Crippen LogP contribution in [0.5, 0.6) is 5.75 Å². The van der Waals surface area contributed by atoms with Crippen LogP contribution in [-0.4, -0.2) is 90.7 Å². The van der Waals surface area contributed by atoms with Crippen molar-refractivity contribution in [1.82, 2.24) is 14.5 Å². The van der Waals surface area contributed by atoms with E-state index in [-0.39, 0.29) is 12.0 Å². The maximum atomic E-state index is 13.8. The molecule has 0 spiro atoms. The molecule has 1 aromatic heterocycles. The number of anilines is 2. The van der Waals surface area contributed by atoms with Crippen LogP contribution in [0, 0.1) is 6.92 Å². The molecule has 1 amide bonds. The summed E-state index contributed by atoms with van der Waals surface area (Å²) < 4.78 is 33.0. The number of imidazole rings is 1. The summed E-state index contributed by atoms with van der Waals surface area (Å²) in [6.45, 7) is 12.7. The Bertz CT molecular complexity index is 1830. The van der Waals surface area contributed by atoms with Gasteiger partial charge in [0, 0.05) is 56.3 Å². The number of nitrogens with zero attached hydrogens (tertiary/aromatic N) is 4. The van der Waals surface area contributed by atoms with Crippen molar-refractivity contribution in [2.24, 2.45) is 0 Å². The fourth-order valence-electron chi connectivity index (χ4n) is 6.75. The molecule has 1 N–H and O–H groups in total. The van der Waals surface area contributed by atoms with E-state index in [1.165, 1.54) is 0 Å². The van der Waals surface area contributed by atoms with Crippen molar-refractivity contribution in [3.05, 3.63) is 95.6 Å². The molecule has 2 atom stereocenters. The lowest BCUT2D eigenvalue weighted by atomic mass is 10.00. The normalized spacial score (nSPS) is 16.8. The molecule has 282 valence electrons. The Morgan fingerprint density at radius 2 is 1.81 bits per heavy atom. The fraction of sp³-hybridized carbons (Fsp3) is 0.429. The van der Waals surface area contributed by atoms with E-state index >= 15 is 0 Å². The summed E-state index contributed by atoms with van der Waals surface area (Å²) in [7, 11) is 2.13. The molecule has 0 bridgehead atoms. The lowest BCUT2D eigenvalue weighted by Gasteiger charge is -2.35. The van der Waals surface area contributed by atoms with Gasteiger partial charge in [-0.25, -0.2) is 4.98 Å². The topological polar surface area (TPSA) is 104 Å². The fourth-order valence-corrected chi connectivity index (χ4v) is 7.98. The summed E-state index contributed by atoms with van der Waals surface area (Å²) in [6.07, 6.45) is 6.67. The summed E-state index contributed by atoms with van der Waals surface area (Å²) in [5, 5.41) is 3.10. The molecule has 11 heteroatoms. The van der Waals surface area contributed by atoms with Gasteiger partial charge < -0.3 is 38.4 Å². The number of fused-ring (bicyclic) bond motifs is 1. The van der Waals surface area contributed by atoms with Gasteiger partial charge in [0.05, 0.1) is 37.0 Å². The smallest absolute Gasteiger partial charge is 0.251 e. The minimum Gasteiger partial charge on any atom is -0.611 e. The molecule has 6 rings (SSSR count). The van der Waals surface area contributed by atoms with Gasteiger partial charge in [0.15, 0.2) is 10.6 Å². The lowest BCUT2D eigenvalue weighted by molar-refractivity contribution is -0.112. The zero-order chi connectivity index (χ0) is 37.2. The first-order valence-electron chi connectivity index (χ1n) is 18.8. The molecule has 2 aliphatic heterocycles. The van der Waals surface area contributed by atoms with E-state index in [1.807, 2.05) is 54.0 Å². The highest BCUT2D eigenvalue weighted by atomic mass is 32.2. The summed E-state index contributed by atoms with van der Waals surface area (Å²) in [6, 6.07) is 21.9. The van der Waals surface area contributed by atoms with Gasteiger partial charge >= 0.3 is 0 Å². The number of hydrogen-bond donors (Lipinski definition) is 1. The molecule has 3 heterocycles. The van der Waals surface area contributed by atoms with Crippen LogP contribution < -0.4 is 15.0 Å². The molecule has 0 radical (unpaired) electrons. The molecule has 2 unspecified atom stereocenters. The number of benzene rings is 3. The third-order valence-electron chi connectivity index (χ3n) is 9.87. The molecule has 2 aliphatic rings. The highest BCUT2D eigenvalue weighted by molar-refractivity contribution is 7.90. The zero-order valence-electron chi connectivity index (χ0n) is 31.5. The molecule has 53 heavy (non-hydrogen) atoms. The summed E-state index contributed by atoms with van der Waals surface area (Å²) >= 11 is -1.24. The van der Waals surface area contributed by atoms with Crippen LogP contribution in [-0.2, 0) is 37.7 Å². The Labute approximate surface area is 317 Å². The average Bonchev–Trinajstić information content (AvgIpc) is 3.41. The minimum atomic E-state index is -1.24. The molecule has 1 fully saturated rings. The number of carbonyl (C=O) groups is 1. The molecule has 3 aromatic carbocycles. The summed E-state index contributed by atoms with van der Waals surface area (Å²) in [5.74, 6) is 1.06. The van der Waals surface area contributed by atoms with E-state index in [1.54, 1.807) is 6.33 Å². The number of amides is 1. The SMILES string of the molecule is CCCCOCCOc1ccc(-c2ccc3c(c2)C=C(C(=O)Nc2ccc([S+]([O-])Cc4c(C)ncn4CC)cc2)CCN3CC2CN(C)CCO2)cc1. The summed E-state index contributed by atoms with van der Waals surface area (Å²) in [5.41, 5.74) is 7.45. The molecule has 1 saturated heterocycles. The van der Waals surface area contributed by atoms with Gasteiger partial charge in [0.1, 0.15) is 12.4 Å². The number of nitrogens with one attached hydrogen (secondary N) is 1. The Hall–Kier alpha value is -4.13. The van der Waals surface area contributed by atoms with Gasteiger partial charge in [-0.3, -0.25) is 4.79 Å². The van der Waals surface area contributed by atoms with Gasteiger partial charge in [-0.15, -0.1) is 0 Å². The van der Waals surface area contributed by atoms with Gasteiger partial charge in [-0.2, -0.15) is 0 Å². The quantitative estimate of drug-likeness (QED) is 0.0974. The van der Waals surface area contributed by atoms with E-state index in [2.05, 4.69) is 71.3 Å². The second-order valence-corrected chi connectivity index (χ2v) is 15.2. The van der Waals surface area contributed by atoms with Gasteiger partial charge in [-0.05, 0) is 116 Å². The Morgan fingerprint density at radius 1 is 1.02 bits per heavy atom. The second-order valence-electron chi connectivity index (χ2n) is 13.8. The van der Waals surface area contributed by atoms with E-state index < -0.39 is 11.2 Å². The van der Waals surface area contributed by atoms with Crippen molar-refractivity contribution in [2.75, 3.05) is 69.9 Å². The van der Waals surface area contributed by atoms with Gasteiger partial charge in [-0.1, -0.05) is 31.5 Å². The zero-order valence-corrected chi connectivity index (χ0v) is 32.3. The lowest BCUT2D eigenvalue weighted by Crippen LogP contribution is -2.46. The number of likely N-dealkylation sites (N-methyl/N-ethyl adjacent to an activating group) is 1. The van der Waals surface area contributed by atoms with Gasteiger partial charge in [0.2, 0.25) is 0 Å². The second kappa shape index (κ2) is 18.8. The highest BCUT2D eigenvalue weighted by Gasteiger charge is 2.26. The summed E-state index contributed by atoms with van der Waals surface area (Å²) in [4.78, 5) is 23.6. The van der Waals surface area contributed by atoms with Crippen LogP contribution in [0.2, 0.25) is 0 Å². The van der Waals surface area contributed by atoms with E-state index in [0.717, 1.165) is 85.1 Å². The maximum Gasteiger partial charge on any atom is 0.251 e. The number of aromatic nitrogens is 2. The number of unbranched alkanes of at least 4 members (excludes halogenated alkanes) is 1. The molecule has 0 aliphatic carbocycles. The van der Waals surface area contributed by atoms with Crippen molar-refractivity contribution in [2.45, 2.75) is 63.3 Å². The van der Waals surface area contributed by atoms with Crippen molar-refractivity contribution in [3.8, 4) is 16.9 Å². The van der Waals surface area contributed by atoms with E-state index in [4.69, 9.17) is 14.2 Å². The van der Waals surface area contributed by atoms with Crippen LogP contribution in [0.15, 0.2) is 83.5 Å². The first kappa shape index (κ1) is 38.6. The molecule has 0 saturated carbocycles. The van der Waals surface area contributed by atoms with Crippen molar-refractivity contribution in [3.63, 3.8) is 0 Å². The molecular formula is C42H53N5O5S. The monoisotopic (exact) mass is 739 g/mol. The third-order valence-corrected chi connectivity index (χ3v) is 11.2. The van der Waals surface area contributed by atoms with Crippen LogP contribution in [0.25, 0.3) is 17.2 Å². The first-order valence-corrected chi connectivity index (χ1v) is 20.1. The molecule has 10 nitrogen and oxygen atoms in total. The van der Waals surface area contributed by atoms with Crippen LogP contribution in [0.3, 0.4) is 0 Å². The van der Waals surface area contributed by atoms with Crippen molar-refractivity contribution in [1.29, 1.82) is 0 Å². The average molecular weight is 740 g/mol. The molecule has 4 aromatic rings. The first-order chi connectivity index (χ1) is 25.8. The number of morpholine rings is 1. The van der Waals surface area contributed by atoms with Crippen LogP contribution in [0.1, 0.15) is 50.1 Å². The predicted octanol–water partition coefficient (Wildman–Crippen LogP) is 6.94. The number of ether oxygens (including phenoxy) is 3. The van der Waals surface area contributed by atoms with E-state index in [9.17, 15) is 9.35 Å². The number of rotatable bonds is 16. The van der Waals surface area contributed by atoms with Crippen molar-refractivity contribution >= 4 is 34.5 Å². The largest absolute Gasteiger partial charge is 0.611 e. The maximum absolute atomic E-state index is 13.8. The van der Waals surface area contributed by atoms with Crippen LogP contribution >= 0.6 is 0 Å². The Balaban J connectivity index is 1.17. The molecular weight excluding hydrogens is 687 g/mol. The number of aryl methyl sites for hydroxylation is 2. The van der Waals surface area contributed by atoms with Gasteiger partial charge in [0.25, 0.3) is 5.91 Å². The van der Waals surface area contributed by atoms with Crippen molar-refractivity contribution < 1.29 is 23.6 Å². The minimum absolute atomic E-state index is 0.0803. The van der Waals surface area contributed by atoms with Crippen LogP contribution in [0.4, 0.5) is 11.4 Å². The highest BCUT2D eigenvalue weighted by Crippen LogP contribution is 2.34. The number of carbonyl (C=O) groups excluding carboxylic acids is 1. The van der Waals surface area contributed by atoms with E-state index in [0.29, 0.717) is 54.7 Å². The standard InChI is InChI=1S/C42H53N5O5S/c1-5-7-21-50-23-24-52-37-13-8-32(9-14-37)33-10-17-40-35(25-33)26-34(18-19-47(40)28-38-27-45(4)20-22-51-38)42(48)44-36-11-15-39(16-12-36)53(49)29-41-31(3)43-30-46(41)6-2/h8-17,25-26,30,38H,5-7,18-24,27-29H2,1-4H3,(H,44,48). The Kier molecular flexibility index (Phi) is 13.7.